The molecule has 1 aliphatic heterocycles. The van der Waals surface area contributed by atoms with E-state index >= 15 is 0 Å². The van der Waals surface area contributed by atoms with Gasteiger partial charge in [-0.05, 0) is 25.7 Å². The zero-order chi connectivity index (χ0) is 8.39. The third-order valence-electron chi connectivity index (χ3n) is 2.81. The van der Waals surface area contributed by atoms with Gasteiger partial charge in [0.2, 0.25) is 0 Å². The number of thioether (sulfide) groups is 1. The van der Waals surface area contributed by atoms with E-state index in [2.05, 4.69) is 5.32 Å². The van der Waals surface area contributed by atoms with Gasteiger partial charge in [0, 0.05) is 23.6 Å². The van der Waals surface area contributed by atoms with Gasteiger partial charge < -0.3 is 10.4 Å². The van der Waals surface area contributed by atoms with Crippen molar-refractivity contribution in [2.45, 2.75) is 43.9 Å². The summed E-state index contributed by atoms with van der Waals surface area (Å²) in [5.74, 6) is 2.58. The van der Waals surface area contributed by atoms with Crippen LogP contribution in [0.5, 0.6) is 0 Å². The average molecular weight is 187 g/mol. The van der Waals surface area contributed by atoms with Crippen molar-refractivity contribution in [1.82, 2.24) is 5.32 Å². The lowest BCUT2D eigenvalue weighted by molar-refractivity contribution is 0.115. The molecule has 2 N–H and O–H groups in total. The minimum absolute atomic E-state index is 0.0150. The van der Waals surface area contributed by atoms with Crippen LogP contribution in [0, 0.1) is 0 Å². The molecule has 2 aliphatic rings. The molecule has 1 heterocycles. The van der Waals surface area contributed by atoms with Crippen LogP contribution in [0.15, 0.2) is 0 Å². The van der Waals surface area contributed by atoms with Crippen molar-refractivity contribution in [3.05, 3.63) is 0 Å². The maximum Gasteiger partial charge on any atom is 0.0541 e. The molecule has 0 aromatic heterocycles. The third kappa shape index (κ3) is 2.15. The minimum Gasteiger partial charge on any atom is -0.393 e. The Hall–Kier alpha value is 0.270. The fourth-order valence-electron chi connectivity index (χ4n) is 1.91. The predicted octanol–water partition coefficient (Wildman–Crippen LogP) is 0.995. The van der Waals surface area contributed by atoms with Crippen molar-refractivity contribution in [3.8, 4) is 0 Å². The summed E-state index contributed by atoms with van der Waals surface area (Å²) in [6.45, 7) is 0. The van der Waals surface area contributed by atoms with Crippen LogP contribution >= 0.6 is 11.8 Å². The Labute approximate surface area is 78.1 Å². The fraction of sp³-hybridized carbons (Fsp3) is 1.00. The summed E-state index contributed by atoms with van der Waals surface area (Å²) in [4.78, 5) is 0. The van der Waals surface area contributed by atoms with Crippen molar-refractivity contribution < 1.29 is 5.11 Å². The monoisotopic (exact) mass is 187 g/mol. The molecule has 0 bridgehead atoms. The van der Waals surface area contributed by atoms with Crippen molar-refractivity contribution in [2.24, 2.45) is 0 Å². The second-order valence-electron chi connectivity index (χ2n) is 3.91. The number of aliphatic hydroxyl groups is 1. The van der Waals surface area contributed by atoms with Gasteiger partial charge in [0.15, 0.2) is 0 Å². The molecular weight excluding hydrogens is 170 g/mol. The second kappa shape index (κ2) is 3.99. The van der Waals surface area contributed by atoms with Crippen molar-refractivity contribution in [3.63, 3.8) is 0 Å². The lowest BCUT2D eigenvalue weighted by atomic mass is 9.93. The zero-order valence-electron chi connectivity index (χ0n) is 7.33. The van der Waals surface area contributed by atoms with E-state index in [1.165, 1.54) is 24.3 Å². The first-order valence-electron chi connectivity index (χ1n) is 4.86. The molecule has 2 rings (SSSR count). The van der Waals surface area contributed by atoms with E-state index in [4.69, 9.17) is 0 Å². The third-order valence-corrected chi connectivity index (χ3v) is 4.08. The molecule has 0 spiro atoms. The van der Waals surface area contributed by atoms with E-state index < -0.39 is 0 Å². The second-order valence-corrected chi connectivity index (χ2v) is 4.98. The summed E-state index contributed by atoms with van der Waals surface area (Å²) in [6, 6.07) is 1.47. The largest absolute Gasteiger partial charge is 0.393 e. The van der Waals surface area contributed by atoms with E-state index in [1.807, 2.05) is 11.8 Å². The summed E-state index contributed by atoms with van der Waals surface area (Å²) in [5, 5.41) is 12.9. The molecule has 0 atom stereocenters. The SMILES string of the molecule is OC1CCC(NC2CSC2)CC1. The molecule has 3 heteroatoms. The van der Waals surface area contributed by atoms with Gasteiger partial charge in [-0.3, -0.25) is 0 Å². The molecule has 2 nitrogen and oxygen atoms in total. The first-order chi connectivity index (χ1) is 5.84. The maximum atomic E-state index is 9.30. The Bertz CT molecular complexity index is 141. The van der Waals surface area contributed by atoms with Gasteiger partial charge in [-0.2, -0.15) is 11.8 Å². The van der Waals surface area contributed by atoms with Crippen molar-refractivity contribution in [2.75, 3.05) is 11.5 Å². The van der Waals surface area contributed by atoms with Crippen LogP contribution in [0.25, 0.3) is 0 Å². The molecule has 0 aromatic carbocycles. The predicted molar refractivity (Wildman–Crippen MR) is 52.5 cm³/mol. The minimum atomic E-state index is -0.0150. The van der Waals surface area contributed by atoms with Crippen LogP contribution < -0.4 is 5.32 Å². The van der Waals surface area contributed by atoms with Gasteiger partial charge >= 0.3 is 0 Å². The lowest BCUT2D eigenvalue weighted by Crippen LogP contribution is -2.47. The highest BCUT2D eigenvalue weighted by atomic mass is 32.2. The van der Waals surface area contributed by atoms with E-state index in [0.29, 0.717) is 6.04 Å². The van der Waals surface area contributed by atoms with Crippen LogP contribution in [-0.2, 0) is 0 Å². The highest BCUT2D eigenvalue weighted by molar-refractivity contribution is 8.00. The van der Waals surface area contributed by atoms with E-state index in [9.17, 15) is 5.11 Å². The highest BCUT2D eigenvalue weighted by Gasteiger charge is 2.24. The molecule has 0 unspecified atom stereocenters. The maximum absolute atomic E-state index is 9.30. The summed E-state index contributed by atoms with van der Waals surface area (Å²) >= 11 is 2.02. The number of rotatable bonds is 2. The van der Waals surface area contributed by atoms with E-state index in [1.54, 1.807) is 0 Å². The summed E-state index contributed by atoms with van der Waals surface area (Å²) in [7, 11) is 0. The zero-order valence-corrected chi connectivity index (χ0v) is 8.15. The average Bonchev–Trinajstić information content (AvgIpc) is 2.00. The van der Waals surface area contributed by atoms with Crippen LogP contribution in [0.3, 0.4) is 0 Å². The molecule has 70 valence electrons. The smallest absolute Gasteiger partial charge is 0.0541 e. The molecular formula is C9H17NOS. The van der Waals surface area contributed by atoms with Crippen LogP contribution in [0.1, 0.15) is 25.7 Å². The first kappa shape index (κ1) is 8.85. The number of hydrogen-bond donors (Lipinski definition) is 2. The molecule has 1 aliphatic carbocycles. The van der Waals surface area contributed by atoms with Gasteiger partial charge in [0.25, 0.3) is 0 Å². The van der Waals surface area contributed by atoms with E-state index in [-0.39, 0.29) is 6.10 Å². The Morgan fingerprint density at radius 1 is 1.00 bits per heavy atom. The molecule has 1 saturated carbocycles. The first-order valence-corrected chi connectivity index (χ1v) is 6.02. The molecule has 0 amide bonds. The van der Waals surface area contributed by atoms with Gasteiger partial charge in [-0.25, -0.2) is 0 Å². The Balaban J connectivity index is 1.67. The Morgan fingerprint density at radius 3 is 2.17 bits per heavy atom. The van der Waals surface area contributed by atoms with Gasteiger partial charge in [0.05, 0.1) is 6.10 Å². The van der Waals surface area contributed by atoms with E-state index in [0.717, 1.165) is 18.9 Å². The Kier molecular flexibility index (Phi) is 2.94. The standard InChI is InChI=1S/C9H17NOS/c11-9-3-1-7(2-4-9)10-8-5-12-6-8/h7-11H,1-6H2. The molecule has 2 fully saturated rings. The quantitative estimate of drug-likeness (QED) is 0.676. The topological polar surface area (TPSA) is 32.3 Å². The number of aliphatic hydroxyl groups excluding tert-OH is 1. The molecule has 0 aromatic rings. The normalized spacial score (nSPS) is 37.8. The Morgan fingerprint density at radius 2 is 1.67 bits per heavy atom. The van der Waals surface area contributed by atoms with Gasteiger partial charge in [-0.15, -0.1) is 0 Å². The highest BCUT2D eigenvalue weighted by Crippen LogP contribution is 2.23. The lowest BCUT2D eigenvalue weighted by Gasteiger charge is -2.34. The van der Waals surface area contributed by atoms with Crippen LogP contribution in [-0.4, -0.2) is 34.8 Å². The molecule has 1 saturated heterocycles. The summed E-state index contributed by atoms with van der Waals surface area (Å²) < 4.78 is 0. The number of nitrogens with one attached hydrogen (secondary N) is 1. The number of hydrogen-bond acceptors (Lipinski definition) is 3. The summed E-state index contributed by atoms with van der Waals surface area (Å²) in [6.07, 6.45) is 4.32. The van der Waals surface area contributed by atoms with Gasteiger partial charge in [0.1, 0.15) is 0 Å². The van der Waals surface area contributed by atoms with Crippen molar-refractivity contribution in [1.29, 1.82) is 0 Å². The van der Waals surface area contributed by atoms with Crippen LogP contribution in [0.2, 0.25) is 0 Å². The van der Waals surface area contributed by atoms with Crippen LogP contribution in [0.4, 0.5) is 0 Å². The fourth-order valence-corrected chi connectivity index (χ4v) is 2.57. The van der Waals surface area contributed by atoms with Gasteiger partial charge in [-0.1, -0.05) is 0 Å². The molecule has 0 radical (unpaired) electrons. The summed E-state index contributed by atoms with van der Waals surface area (Å²) in [5.41, 5.74) is 0. The molecule has 12 heavy (non-hydrogen) atoms. The van der Waals surface area contributed by atoms with Crippen molar-refractivity contribution >= 4 is 11.8 Å².